The predicted octanol–water partition coefficient (Wildman–Crippen LogP) is 1.96. The molecule has 1 heterocycles. The third kappa shape index (κ3) is 1.73. The highest BCUT2D eigenvalue weighted by atomic mass is 16.6. The van der Waals surface area contributed by atoms with Crippen molar-refractivity contribution in [3.63, 3.8) is 0 Å². The fourth-order valence-electron chi connectivity index (χ4n) is 7.70. The first-order chi connectivity index (χ1) is 12.6. The van der Waals surface area contributed by atoms with Crippen LogP contribution >= 0.6 is 0 Å². The minimum Gasteiger partial charge on any atom is -0.388 e. The van der Waals surface area contributed by atoms with Crippen LogP contribution in [0.5, 0.6) is 0 Å². The van der Waals surface area contributed by atoms with Crippen LogP contribution in [0, 0.1) is 28.6 Å². The van der Waals surface area contributed by atoms with Crippen molar-refractivity contribution in [2.45, 2.75) is 63.8 Å². The number of ketones is 2. The largest absolute Gasteiger partial charge is 0.388 e. The van der Waals surface area contributed by atoms with Crippen LogP contribution in [0.4, 0.5) is 0 Å². The number of allylic oxidation sites excluding steroid dienone is 2. The molecule has 3 saturated carbocycles. The molecule has 4 fully saturated rings. The normalized spacial score (nSPS) is 55.1. The molecule has 5 aliphatic rings. The molecule has 5 heteroatoms. The Hall–Kier alpha value is -1.30. The van der Waals surface area contributed by atoms with E-state index in [1.54, 1.807) is 12.2 Å². The second-order valence-electron chi connectivity index (χ2n) is 9.86. The molecule has 2 N–H and O–H groups in total. The number of hydrogen-bond acceptors (Lipinski definition) is 5. The van der Waals surface area contributed by atoms with E-state index in [4.69, 9.17) is 4.74 Å². The van der Waals surface area contributed by atoms with Crippen molar-refractivity contribution in [2.24, 2.45) is 28.6 Å². The first-order valence-electron chi connectivity index (χ1n) is 10.1. The van der Waals surface area contributed by atoms with E-state index in [-0.39, 0.29) is 40.7 Å². The maximum absolute atomic E-state index is 12.6. The number of carbonyl (C=O) groups is 2. The lowest BCUT2D eigenvalue weighted by atomic mass is 9.46. The van der Waals surface area contributed by atoms with Crippen molar-refractivity contribution in [1.82, 2.24) is 0 Å². The van der Waals surface area contributed by atoms with Crippen LogP contribution in [0.1, 0.15) is 46.5 Å². The molecule has 1 aliphatic heterocycles. The second kappa shape index (κ2) is 5.00. The summed E-state index contributed by atoms with van der Waals surface area (Å²) in [6, 6.07) is 0. The molecule has 5 rings (SSSR count). The van der Waals surface area contributed by atoms with E-state index in [1.807, 2.05) is 19.9 Å². The zero-order valence-electron chi connectivity index (χ0n) is 16.2. The van der Waals surface area contributed by atoms with E-state index < -0.39 is 23.4 Å². The van der Waals surface area contributed by atoms with E-state index in [2.05, 4.69) is 6.92 Å². The summed E-state index contributed by atoms with van der Waals surface area (Å²) >= 11 is 0. The molecule has 0 aromatic carbocycles. The van der Waals surface area contributed by atoms with Gasteiger partial charge >= 0.3 is 0 Å². The van der Waals surface area contributed by atoms with Crippen LogP contribution in [-0.4, -0.2) is 45.7 Å². The van der Waals surface area contributed by atoms with Crippen molar-refractivity contribution < 1.29 is 24.5 Å². The Morgan fingerprint density at radius 3 is 2.78 bits per heavy atom. The van der Waals surface area contributed by atoms with Crippen molar-refractivity contribution in [1.29, 1.82) is 0 Å². The van der Waals surface area contributed by atoms with Crippen LogP contribution in [0.2, 0.25) is 0 Å². The smallest absolute Gasteiger partial charge is 0.190 e. The Morgan fingerprint density at radius 1 is 1.33 bits per heavy atom. The minimum absolute atomic E-state index is 0.0291. The number of aliphatic hydroxyl groups is 2. The Labute approximate surface area is 159 Å². The van der Waals surface area contributed by atoms with Crippen LogP contribution in [0.15, 0.2) is 23.8 Å². The van der Waals surface area contributed by atoms with Gasteiger partial charge in [0.05, 0.1) is 6.10 Å². The molecule has 0 amide bonds. The molecule has 27 heavy (non-hydrogen) atoms. The minimum atomic E-state index is -1.50. The van der Waals surface area contributed by atoms with E-state index in [0.717, 1.165) is 24.8 Å². The van der Waals surface area contributed by atoms with Gasteiger partial charge < -0.3 is 14.9 Å². The average Bonchev–Trinajstić information content (AvgIpc) is 3.31. The summed E-state index contributed by atoms with van der Waals surface area (Å²) in [5.74, 6) is -0.193. The lowest BCUT2D eigenvalue weighted by Gasteiger charge is -2.55. The average molecular weight is 372 g/mol. The number of hydrogen-bond donors (Lipinski definition) is 2. The van der Waals surface area contributed by atoms with Gasteiger partial charge in [-0.2, -0.15) is 0 Å². The van der Waals surface area contributed by atoms with Gasteiger partial charge in [-0.15, -0.1) is 0 Å². The molecule has 4 aliphatic carbocycles. The molecule has 0 aromatic rings. The summed E-state index contributed by atoms with van der Waals surface area (Å²) < 4.78 is 6.43. The lowest BCUT2D eigenvalue weighted by Crippen LogP contribution is -2.62. The van der Waals surface area contributed by atoms with Gasteiger partial charge in [-0.1, -0.05) is 25.5 Å². The van der Waals surface area contributed by atoms with Crippen molar-refractivity contribution in [3.05, 3.63) is 23.8 Å². The number of epoxide rings is 1. The summed E-state index contributed by atoms with van der Waals surface area (Å²) in [4.78, 5) is 24.5. The van der Waals surface area contributed by atoms with Crippen molar-refractivity contribution in [3.8, 4) is 0 Å². The fraction of sp³-hybridized carbons (Fsp3) is 0.727. The molecule has 0 bridgehead atoms. The standard InChI is InChI=1S/C22H28O5/c1-12-8-16-15-5-4-13-9-14(24)6-7-19(13,2)22(15)18(27-22)10-20(16,3)21(12,26)17(25)11-23/h6-7,9,12,15-16,18,23,26H,4-5,8,10-11H2,1-3H3/t12-,15+,16+,18+,19+,20+,21-,22-/m1/s1. The number of ether oxygens (including phenoxy) is 1. The van der Waals surface area contributed by atoms with Crippen LogP contribution in [0.3, 0.4) is 0 Å². The topological polar surface area (TPSA) is 87.1 Å². The van der Waals surface area contributed by atoms with E-state index in [9.17, 15) is 19.8 Å². The van der Waals surface area contributed by atoms with Crippen LogP contribution in [-0.2, 0) is 14.3 Å². The van der Waals surface area contributed by atoms with Gasteiger partial charge in [0.1, 0.15) is 17.8 Å². The highest BCUT2D eigenvalue weighted by Crippen LogP contribution is 2.76. The number of carbonyl (C=O) groups excluding carboxylic acids is 2. The first-order valence-corrected chi connectivity index (χ1v) is 10.1. The van der Waals surface area contributed by atoms with Gasteiger partial charge in [0.25, 0.3) is 0 Å². The Balaban J connectivity index is 1.60. The highest BCUT2D eigenvalue weighted by molar-refractivity contribution is 6.01. The van der Waals surface area contributed by atoms with Gasteiger partial charge in [0, 0.05) is 10.8 Å². The predicted molar refractivity (Wildman–Crippen MR) is 97.7 cm³/mol. The van der Waals surface area contributed by atoms with Gasteiger partial charge in [-0.25, -0.2) is 0 Å². The summed E-state index contributed by atoms with van der Waals surface area (Å²) in [6.45, 7) is 5.51. The molecular formula is C22H28O5. The van der Waals surface area contributed by atoms with Crippen LogP contribution in [0.25, 0.3) is 0 Å². The fourth-order valence-corrected chi connectivity index (χ4v) is 7.70. The van der Waals surface area contributed by atoms with Gasteiger partial charge in [0.2, 0.25) is 0 Å². The summed E-state index contributed by atoms with van der Waals surface area (Å²) in [5, 5.41) is 21.0. The molecule has 0 aromatic heterocycles. The molecule has 0 unspecified atom stereocenters. The number of rotatable bonds is 2. The molecule has 0 radical (unpaired) electrons. The molecule has 5 nitrogen and oxygen atoms in total. The highest BCUT2D eigenvalue weighted by Gasteiger charge is 2.81. The molecule has 1 saturated heterocycles. The first kappa shape index (κ1) is 17.8. The van der Waals surface area contributed by atoms with Gasteiger partial charge in [-0.05, 0) is 62.5 Å². The van der Waals surface area contributed by atoms with E-state index in [1.165, 1.54) is 0 Å². The van der Waals surface area contributed by atoms with E-state index in [0.29, 0.717) is 6.42 Å². The summed E-state index contributed by atoms with van der Waals surface area (Å²) in [5.41, 5.74) is -1.55. The maximum atomic E-state index is 12.6. The quantitative estimate of drug-likeness (QED) is 0.724. The molecule has 146 valence electrons. The second-order valence-corrected chi connectivity index (χ2v) is 9.86. The summed E-state index contributed by atoms with van der Waals surface area (Å²) in [7, 11) is 0. The third-order valence-electron chi connectivity index (χ3n) is 9.08. The van der Waals surface area contributed by atoms with Crippen molar-refractivity contribution >= 4 is 11.6 Å². The molecular weight excluding hydrogens is 344 g/mol. The monoisotopic (exact) mass is 372 g/mol. The molecule has 1 spiro atoms. The Bertz CT molecular complexity index is 814. The number of fused-ring (bicyclic) bond motifs is 3. The zero-order valence-corrected chi connectivity index (χ0v) is 16.2. The van der Waals surface area contributed by atoms with Crippen LogP contribution < -0.4 is 0 Å². The third-order valence-corrected chi connectivity index (χ3v) is 9.08. The number of aliphatic hydroxyl groups excluding tert-OH is 1. The zero-order chi connectivity index (χ0) is 19.4. The Morgan fingerprint density at radius 2 is 2.07 bits per heavy atom. The molecule has 8 atom stereocenters. The summed E-state index contributed by atoms with van der Waals surface area (Å²) in [6.07, 6.45) is 8.58. The maximum Gasteiger partial charge on any atom is 0.190 e. The Kier molecular flexibility index (Phi) is 3.29. The van der Waals surface area contributed by atoms with Gasteiger partial charge in [-0.3, -0.25) is 9.59 Å². The van der Waals surface area contributed by atoms with E-state index >= 15 is 0 Å². The number of Topliss-reactive ketones (excluding diaryl/α,β-unsaturated/α-hetero) is 1. The van der Waals surface area contributed by atoms with Gasteiger partial charge in [0.15, 0.2) is 11.6 Å². The lowest BCUT2D eigenvalue weighted by molar-refractivity contribution is -0.165. The SMILES string of the molecule is C[C@@H]1C[C@H]2[C@@H]3CCC4=CC(=O)C=C[C@]4(C)[C@@]34O[C@H]4C[C@]2(C)[C@]1(O)C(=O)CO. The van der Waals surface area contributed by atoms with Crippen molar-refractivity contribution in [2.75, 3.05) is 6.61 Å².